The van der Waals surface area contributed by atoms with E-state index in [0.717, 1.165) is 36.0 Å². The monoisotopic (exact) mass is 412 g/mol. The number of hydrogen-bond acceptors (Lipinski definition) is 5. The fourth-order valence-corrected chi connectivity index (χ4v) is 4.79. The first-order valence-corrected chi connectivity index (χ1v) is 10.2. The number of amides is 1. The zero-order valence-electron chi connectivity index (χ0n) is 16.9. The van der Waals surface area contributed by atoms with Gasteiger partial charge in [0.05, 0.1) is 13.2 Å². The van der Waals surface area contributed by atoms with Crippen LogP contribution in [0.4, 0.5) is 5.69 Å². The number of Topliss-reactive ketones (excluding diaryl/α,β-unsaturated/α-hetero) is 1. The lowest BCUT2D eigenvalue weighted by molar-refractivity contribution is -0.117. The summed E-state index contributed by atoms with van der Waals surface area (Å²) in [6.07, 6.45) is 2.85. The van der Waals surface area contributed by atoms with Crippen LogP contribution in [0.25, 0.3) is 11.3 Å². The second kappa shape index (κ2) is 7.40. The van der Waals surface area contributed by atoms with Crippen molar-refractivity contribution in [1.82, 2.24) is 10.2 Å². The second-order valence-corrected chi connectivity index (χ2v) is 7.80. The maximum atomic E-state index is 13.3. The van der Waals surface area contributed by atoms with E-state index in [2.05, 4.69) is 21.6 Å². The van der Waals surface area contributed by atoms with Gasteiger partial charge in [0.2, 0.25) is 11.7 Å². The molecule has 2 N–H and O–H groups in total. The lowest BCUT2D eigenvalue weighted by Gasteiger charge is -2.23. The van der Waals surface area contributed by atoms with E-state index in [9.17, 15) is 14.9 Å². The van der Waals surface area contributed by atoms with Crippen molar-refractivity contribution in [2.45, 2.75) is 25.2 Å². The first-order chi connectivity index (χ1) is 15.1. The van der Waals surface area contributed by atoms with Gasteiger partial charge in [0.1, 0.15) is 17.1 Å². The van der Waals surface area contributed by atoms with Gasteiger partial charge in [0.15, 0.2) is 5.92 Å². The number of H-pyrrole nitrogens is 1. The number of nitrogens with one attached hydrogen (secondary N) is 2. The minimum Gasteiger partial charge on any atom is -0.496 e. The van der Waals surface area contributed by atoms with Gasteiger partial charge in [0, 0.05) is 22.7 Å². The van der Waals surface area contributed by atoms with Gasteiger partial charge in [-0.25, -0.2) is 0 Å². The Bertz CT molecular complexity index is 1240. The molecule has 0 aliphatic heterocycles. The van der Waals surface area contributed by atoms with Crippen molar-refractivity contribution in [3.8, 4) is 23.1 Å². The molecular weight excluding hydrogens is 392 g/mol. The first kappa shape index (κ1) is 19.1. The molecule has 1 heterocycles. The van der Waals surface area contributed by atoms with E-state index in [4.69, 9.17) is 4.74 Å². The van der Waals surface area contributed by atoms with Crippen molar-refractivity contribution < 1.29 is 14.3 Å². The molecule has 0 saturated carbocycles. The molecule has 0 saturated heterocycles. The summed E-state index contributed by atoms with van der Waals surface area (Å²) in [6.45, 7) is 0. The molecule has 5 rings (SSSR count). The number of anilines is 1. The summed E-state index contributed by atoms with van der Waals surface area (Å²) in [6, 6.07) is 14.7. The molecule has 154 valence electrons. The van der Waals surface area contributed by atoms with Crippen molar-refractivity contribution >= 4 is 17.4 Å². The molecule has 2 aliphatic rings. The van der Waals surface area contributed by atoms with Crippen molar-refractivity contribution in [2.75, 3.05) is 12.4 Å². The number of hydrogen-bond donors (Lipinski definition) is 2. The number of methoxy groups -OCH3 is 1. The predicted molar refractivity (Wildman–Crippen MR) is 114 cm³/mol. The predicted octanol–water partition coefficient (Wildman–Crippen LogP) is 3.83. The average molecular weight is 412 g/mol. The van der Waals surface area contributed by atoms with Crippen LogP contribution in [0.15, 0.2) is 42.5 Å². The fourth-order valence-electron chi connectivity index (χ4n) is 4.79. The number of aromatic amines is 1. The summed E-state index contributed by atoms with van der Waals surface area (Å²) in [5, 5.41) is 19.5. The average Bonchev–Trinajstić information content (AvgIpc) is 3.36. The zero-order valence-corrected chi connectivity index (χ0v) is 16.9. The molecular formula is C24H20N4O3. The number of benzene rings is 2. The van der Waals surface area contributed by atoms with Crippen LogP contribution in [-0.4, -0.2) is 29.0 Å². The number of carbonyl (C=O) groups excluding carboxylic acids is 2. The minimum absolute atomic E-state index is 0.0121. The van der Waals surface area contributed by atoms with Gasteiger partial charge in [-0.05, 0) is 48.6 Å². The summed E-state index contributed by atoms with van der Waals surface area (Å²) in [4.78, 5) is 26.0. The van der Waals surface area contributed by atoms with E-state index in [1.54, 1.807) is 31.4 Å². The molecule has 3 aromatic rings. The molecule has 2 atom stereocenters. The SMILES string of the molecule is COc1ccc2c3c1-c1n[nH]c(C(=O)C(C#N)C(=O)Nc4ccccc4)c1C3CCC2. The second-order valence-electron chi connectivity index (χ2n) is 7.80. The molecule has 7 heteroatoms. The Hall–Kier alpha value is -3.92. The number of nitrogens with zero attached hydrogens (tertiary/aromatic N) is 2. The van der Waals surface area contributed by atoms with Gasteiger partial charge in [-0.1, -0.05) is 24.3 Å². The molecule has 2 aliphatic carbocycles. The largest absolute Gasteiger partial charge is 0.496 e. The number of carbonyl (C=O) groups is 2. The maximum absolute atomic E-state index is 13.3. The molecule has 1 aromatic heterocycles. The molecule has 31 heavy (non-hydrogen) atoms. The van der Waals surface area contributed by atoms with Crippen LogP contribution in [0, 0.1) is 17.2 Å². The highest BCUT2D eigenvalue weighted by Gasteiger charge is 2.42. The van der Waals surface area contributed by atoms with Crippen molar-refractivity contribution in [2.24, 2.45) is 5.92 Å². The van der Waals surface area contributed by atoms with Crippen LogP contribution in [0.2, 0.25) is 0 Å². The number of rotatable bonds is 5. The molecule has 0 radical (unpaired) electrons. The van der Waals surface area contributed by atoms with Crippen molar-refractivity contribution in [1.29, 1.82) is 5.26 Å². The summed E-state index contributed by atoms with van der Waals surface area (Å²) in [7, 11) is 1.62. The van der Waals surface area contributed by atoms with E-state index >= 15 is 0 Å². The fraction of sp³-hybridized carbons (Fsp3) is 0.250. The quantitative estimate of drug-likeness (QED) is 0.489. The van der Waals surface area contributed by atoms with Crippen molar-refractivity contribution in [3.63, 3.8) is 0 Å². The van der Waals surface area contributed by atoms with Crippen molar-refractivity contribution in [3.05, 3.63) is 64.8 Å². The number of para-hydroxylation sites is 1. The highest BCUT2D eigenvalue weighted by atomic mass is 16.5. The maximum Gasteiger partial charge on any atom is 0.249 e. The molecule has 2 unspecified atom stereocenters. The molecule has 1 amide bonds. The van der Waals surface area contributed by atoms with E-state index in [0.29, 0.717) is 17.1 Å². The lowest BCUT2D eigenvalue weighted by Crippen LogP contribution is -2.29. The van der Waals surface area contributed by atoms with Crippen LogP contribution in [0.1, 0.15) is 45.9 Å². The molecule has 2 aromatic carbocycles. The van der Waals surface area contributed by atoms with Gasteiger partial charge < -0.3 is 10.1 Å². The van der Waals surface area contributed by atoms with E-state index in [1.807, 2.05) is 18.2 Å². The van der Waals surface area contributed by atoms with E-state index in [-0.39, 0.29) is 11.6 Å². The zero-order chi connectivity index (χ0) is 21.5. The Kier molecular flexibility index (Phi) is 4.55. The van der Waals surface area contributed by atoms with Gasteiger partial charge in [0.25, 0.3) is 0 Å². The topological polar surface area (TPSA) is 108 Å². The van der Waals surface area contributed by atoms with Crippen LogP contribution in [-0.2, 0) is 11.2 Å². The van der Waals surface area contributed by atoms with Crippen LogP contribution in [0.5, 0.6) is 5.75 Å². The van der Waals surface area contributed by atoms with Crippen LogP contribution in [0.3, 0.4) is 0 Å². The Morgan fingerprint density at radius 2 is 2.03 bits per heavy atom. The minimum atomic E-state index is -1.47. The summed E-state index contributed by atoms with van der Waals surface area (Å²) >= 11 is 0. The van der Waals surface area contributed by atoms with Crippen LogP contribution < -0.4 is 10.1 Å². The molecule has 0 bridgehead atoms. The van der Waals surface area contributed by atoms with Gasteiger partial charge in [-0.15, -0.1) is 0 Å². The lowest BCUT2D eigenvalue weighted by atomic mass is 9.81. The highest BCUT2D eigenvalue weighted by Crippen LogP contribution is 2.54. The van der Waals surface area contributed by atoms with Crippen LogP contribution >= 0.6 is 0 Å². The summed E-state index contributed by atoms with van der Waals surface area (Å²) in [5.41, 5.74) is 5.54. The van der Waals surface area contributed by atoms with E-state index in [1.165, 1.54) is 5.56 Å². The Balaban J connectivity index is 1.53. The molecule has 0 fully saturated rings. The van der Waals surface area contributed by atoms with E-state index < -0.39 is 17.6 Å². The molecule has 7 nitrogen and oxygen atoms in total. The normalized spacial score (nSPS) is 16.6. The van der Waals surface area contributed by atoms with Gasteiger partial charge in [-0.3, -0.25) is 14.7 Å². The third-order valence-electron chi connectivity index (χ3n) is 6.14. The number of nitriles is 1. The number of ether oxygens (including phenoxy) is 1. The summed E-state index contributed by atoms with van der Waals surface area (Å²) in [5.74, 6) is -1.96. The number of ketones is 1. The number of fused-ring (bicyclic) bond motifs is 3. The Morgan fingerprint density at radius 3 is 2.77 bits per heavy atom. The number of aryl methyl sites for hydroxylation is 1. The highest BCUT2D eigenvalue weighted by molar-refractivity contribution is 6.16. The first-order valence-electron chi connectivity index (χ1n) is 10.2. The standard InChI is InChI=1S/C24H20N4O3/c1-31-17-11-10-13-6-5-9-15-18(13)20(17)21-19(15)22(28-27-21)23(29)16(12-25)24(30)26-14-7-3-2-4-8-14/h2-4,7-8,10-11,15-16H,5-6,9H2,1H3,(H,26,30)(H,27,28). The van der Waals surface area contributed by atoms with Gasteiger partial charge >= 0.3 is 0 Å². The van der Waals surface area contributed by atoms with Gasteiger partial charge in [-0.2, -0.15) is 10.4 Å². The Labute approximate surface area is 179 Å². The Morgan fingerprint density at radius 1 is 1.23 bits per heavy atom. The number of aromatic nitrogens is 2. The third kappa shape index (κ3) is 2.91. The third-order valence-corrected chi connectivity index (χ3v) is 6.14. The summed E-state index contributed by atoms with van der Waals surface area (Å²) < 4.78 is 5.57. The molecule has 0 spiro atoms. The smallest absolute Gasteiger partial charge is 0.249 e.